The first-order valence-corrected chi connectivity index (χ1v) is 6.04. The third-order valence-electron chi connectivity index (χ3n) is 2.99. The van der Waals surface area contributed by atoms with Gasteiger partial charge in [0, 0.05) is 19.8 Å². The fourth-order valence-electron chi connectivity index (χ4n) is 2.08. The maximum absolute atomic E-state index is 5.77. The fourth-order valence-corrected chi connectivity index (χ4v) is 2.23. The van der Waals surface area contributed by atoms with E-state index in [1.165, 1.54) is 12.8 Å². The molecular formula is C11H18Cl2N4. The number of nitrogens with zero attached hydrogens (tertiary/aromatic N) is 3. The maximum atomic E-state index is 5.77. The number of aromatic nitrogens is 2. The summed E-state index contributed by atoms with van der Waals surface area (Å²) in [5.74, 6) is 1.65. The van der Waals surface area contributed by atoms with Crippen LogP contribution < -0.4 is 10.2 Å². The minimum atomic E-state index is 0. The quantitative estimate of drug-likeness (QED) is 0.858. The number of anilines is 1. The Morgan fingerprint density at radius 3 is 2.82 bits per heavy atom. The molecule has 1 N–H and O–H groups in total. The summed E-state index contributed by atoms with van der Waals surface area (Å²) in [6.45, 7) is 3.29. The lowest BCUT2D eigenvalue weighted by molar-refractivity contribution is 0.377. The summed E-state index contributed by atoms with van der Waals surface area (Å²) < 4.78 is 0. The Kier molecular flexibility index (Phi) is 5.95. The van der Waals surface area contributed by atoms with Crippen LogP contribution in [0.15, 0.2) is 12.3 Å². The standard InChI is InChI=1S/C11H17ClN4.ClH/c1-16(8-9-2-5-13-6-3-9)10-4-7-14-11(12)15-10;/h4,7,9,13H,2-3,5-6,8H2,1H3;1H. The lowest BCUT2D eigenvalue weighted by Gasteiger charge is -2.28. The van der Waals surface area contributed by atoms with E-state index in [4.69, 9.17) is 11.6 Å². The minimum Gasteiger partial charge on any atom is -0.359 e. The molecule has 2 rings (SSSR count). The Balaban J connectivity index is 0.00000144. The SMILES string of the molecule is CN(CC1CCNCC1)c1ccnc(Cl)n1.Cl. The van der Waals surface area contributed by atoms with Crippen molar-refractivity contribution in [3.05, 3.63) is 17.5 Å². The highest BCUT2D eigenvalue weighted by Gasteiger charge is 2.15. The zero-order valence-corrected chi connectivity index (χ0v) is 11.5. The summed E-state index contributed by atoms with van der Waals surface area (Å²) in [4.78, 5) is 10.2. The van der Waals surface area contributed by atoms with E-state index in [-0.39, 0.29) is 12.4 Å². The Labute approximate surface area is 113 Å². The molecule has 1 fully saturated rings. The number of piperidine rings is 1. The number of hydrogen-bond donors (Lipinski definition) is 1. The van der Waals surface area contributed by atoms with Gasteiger partial charge in [0.25, 0.3) is 0 Å². The highest BCUT2D eigenvalue weighted by atomic mass is 35.5. The predicted molar refractivity (Wildman–Crippen MR) is 73.2 cm³/mol. The van der Waals surface area contributed by atoms with E-state index in [0.29, 0.717) is 5.28 Å². The molecule has 0 aromatic carbocycles. The molecule has 0 radical (unpaired) electrons. The van der Waals surface area contributed by atoms with Gasteiger partial charge in [-0.2, -0.15) is 0 Å². The van der Waals surface area contributed by atoms with Crippen molar-refractivity contribution in [1.29, 1.82) is 0 Å². The number of hydrogen-bond acceptors (Lipinski definition) is 4. The second kappa shape index (κ2) is 6.99. The molecule has 0 unspecified atom stereocenters. The summed E-state index contributed by atoms with van der Waals surface area (Å²) >= 11 is 5.77. The van der Waals surface area contributed by atoms with Crippen molar-refractivity contribution in [3.8, 4) is 0 Å². The average molecular weight is 277 g/mol. The van der Waals surface area contributed by atoms with Crippen molar-refractivity contribution in [1.82, 2.24) is 15.3 Å². The molecule has 1 aromatic heterocycles. The van der Waals surface area contributed by atoms with Crippen LogP contribution in [0.25, 0.3) is 0 Å². The molecule has 0 atom stereocenters. The molecule has 1 aliphatic heterocycles. The van der Waals surface area contributed by atoms with Gasteiger partial charge in [-0.25, -0.2) is 9.97 Å². The maximum Gasteiger partial charge on any atom is 0.224 e. The van der Waals surface area contributed by atoms with Gasteiger partial charge in [-0.05, 0) is 49.5 Å². The summed E-state index contributed by atoms with van der Waals surface area (Å²) in [5, 5.41) is 3.69. The third kappa shape index (κ3) is 4.30. The molecule has 0 amide bonds. The van der Waals surface area contributed by atoms with Crippen molar-refractivity contribution in [2.75, 3.05) is 31.6 Å². The molecule has 0 aliphatic carbocycles. The molecule has 1 saturated heterocycles. The molecule has 0 spiro atoms. The summed E-state index contributed by atoms with van der Waals surface area (Å²) in [7, 11) is 2.06. The van der Waals surface area contributed by atoms with Crippen LogP contribution >= 0.6 is 24.0 Å². The molecule has 96 valence electrons. The average Bonchev–Trinajstić information content (AvgIpc) is 2.30. The van der Waals surface area contributed by atoms with Crippen molar-refractivity contribution in [2.45, 2.75) is 12.8 Å². The Bertz CT molecular complexity index is 342. The fraction of sp³-hybridized carbons (Fsp3) is 0.636. The molecule has 2 heterocycles. The van der Waals surface area contributed by atoms with E-state index in [9.17, 15) is 0 Å². The van der Waals surface area contributed by atoms with Gasteiger partial charge >= 0.3 is 0 Å². The van der Waals surface area contributed by atoms with Gasteiger partial charge in [0.15, 0.2) is 0 Å². The molecule has 6 heteroatoms. The molecule has 0 saturated carbocycles. The van der Waals surface area contributed by atoms with Gasteiger partial charge in [-0.1, -0.05) is 0 Å². The number of nitrogens with one attached hydrogen (secondary N) is 1. The van der Waals surface area contributed by atoms with Crippen LogP contribution in [-0.2, 0) is 0 Å². The number of halogens is 2. The van der Waals surface area contributed by atoms with E-state index < -0.39 is 0 Å². The van der Waals surface area contributed by atoms with Crippen molar-refractivity contribution >= 4 is 29.8 Å². The smallest absolute Gasteiger partial charge is 0.224 e. The van der Waals surface area contributed by atoms with Crippen molar-refractivity contribution in [3.63, 3.8) is 0 Å². The summed E-state index contributed by atoms with van der Waals surface area (Å²) in [6.07, 6.45) is 4.18. The first-order chi connectivity index (χ1) is 7.75. The van der Waals surface area contributed by atoms with E-state index >= 15 is 0 Å². The van der Waals surface area contributed by atoms with E-state index in [1.807, 2.05) is 6.07 Å². The summed E-state index contributed by atoms with van der Waals surface area (Å²) in [6, 6.07) is 1.90. The van der Waals surface area contributed by atoms with E-state index in [0.717, 1.165) is 31.4 Å². The van der Waals surface area contributed by atoms with E-state index in [2.05, 4.69) is 27.2 Å². The van der Waals surface area contributed by atoms with Gasteiger partial charge in [0.1, 0.15) is 5.82 Å². The van der Waals surface area contributed by atoms with Gasteiger partial charge in [-0.15, -0.1) is 12.4 Å². The first-order valence-electron chi connectivity index (χ1n) is 5.66. The van der Waals surface area contributed by atoms with Crippen LogP contribution in [0.5, 0.6) is 0 Å². The van der Waals surface area contributed by atoms with Gasteiger partial charge < -0.3 is 10.2 Å². The van der Waals surface area contributed by atoms with Gasteiger partial charge in [0.05, 0.1) is 0 Å². The third-order valence-corrected chi connectivity index (χ3v) is 3.18. The molecular weight excluding hydrogens is 259 g/mol. The number of rotatable bonds is 3. The topological polar surface area (TPSA) is 41.0 Å². The highest BCUT2D eigenvalue weighted by molar-refractivity contribution is 6.28. The Morgan fingerprint density at radius 2 is 2.18 bits per heavy atom. The van der Waals surface area contributed by atoms with E-state index in [1.54, 1.807) is 6.20 Å². The Hall–Kier alpha value is -0.580. The molecule has 1 aromatic rings. The largest absolute Gasteiger partial charge is 0.359 e. The van der Waals surface area contributed by atoms with Crippen LogP contribution in [0.1, 0.15) is 12.8 Å². The zero-order chi connectivity index (χ0) is 11.4. The molecule has 4 nitrogen and oxygen atoms in total. The Morgan fingerprint density at radius 1 is 1.47 bits per heavy atom. The van der Waals surface area contributed by atoms with Crippen LogP contribution in [0.2, 0.25) is 5.28 Å². The van der Waals surface area contributed by atoms with Gasteiger partial charge in [0.2, 0.25) is 5.28 Å². The first kappa shape index (κ1) is 14.5. The molecule has 1 aliphatic rings. The lowest BCUT2D eigenvalue weighted by atomic mass is 9.98. The zero-order valence-electron chi connectivity index (χ0n) is 9.90. The second-order valence-corrected chi connectivity index (χ2v) is 4.60. The highest BCUT2D eigenvalue weighted by Crippen LogP contribution is 2.17. The second-order valence-electron chi connectivity index (χ2n) is 4.26. The molecule has 0 bridgehead atoms. The van der Waals surface area contributed by atoms with Crippen LogP contribution in [0.3, 0.4) is 0 Å². The molecule has 17 heavy (non-hydrogen) atoms. The lowest BCUT2D eigenvalue weighted by Crippen LogP contribution is -2.34. The van der Waals surface area contributed by atoms with Crippen LogP contribution in [0, 0.1) is 5.92 Å². The minimum absolute atomic E-state index is 0. The predicted octanol–water partition coefficient (Wildman–Crippen LogP) is 1.99. The van der Waals surface area contributed by atoms with Crippen LogP contribution in [0.4, 0.5) is 5.82 Å². The van der Waals surface area contributed by atoms with Crippen molar-refractivity contribution < 1.29 is 0 Å². The van der Waals surface area contributed by atoms with Gasteiger partial charge in [-0.3, -0.25) is 0 Å². The van der Waals surface area contributed by atoms with Crippen LogP contribution in [-0.4, -0.2) is 36.6 Å². The normalized spacial score (nSPS) is 16.4. The van der Waals surface area contributed by atoms with Crippen molar-refractivity contribution in [2.24, 2.45) is 5.92 Å². The summed E-state index contributed by atoms with van der Waals surface area (Å²) in [5.41, 5.74) is 0. The monoisotopic (exact) mass is 276 g/mol.